The van der Waals surface area contributed by atoms with E-state index in [2.05, 4.69) is 39.6 Å². The van der Waals surface area contributed by atoms with Crippen molar-refractivity contribution in [2.75, 3.05) is 5.32 Å². The molecule has 1 aliphatic rings. The third-order valence-corrected chi connectivity index (χ3v) is 4.14. The van der Waals surface area contributed by atoms with Crippen LogP contribution in [-0.4, -0.2) is 16.0 Å². The molecule has 0 spiro atoms. The van der Waals surface area contributed by atoms with Gasteiger partial charge in [0.05, 0.1) is 5.52 Å². The summed E-state index contributed by atoms with van der Waals surface area (Å²) in [6.45, 7) is 0. The second-order valence-corrected chi connectivity index (χ2v) is 5.71. The molecule has 4 heteroatoms. The zero-order valence-corrected chi connectivity index (χ0v) is 12.1. The van der Waals surface area contributed by atoms with E-state index in [0.29, 0.717) is 6.04 Å². The van der Waals surface area contributed by atoms with Gasteiger partial charge in [0, 0.05) is 11.4 Å². The van der Waals surface area contributed by atoms with Gasteiger partial charge in [-0.25, -0.2) is 9.97 Å². The average Bonchev–Trinajstić information content (AvgIpc) is 2.89. The van der Waals surface area contributed by atoms with Crippen LogP contribution in [0.4, 0.5) is 5.82 Å². The Hall–Kier alpha value is -2.13. The molecule has 1 heterocycles. The third kappa shape index (κ3) is 2.34. The zero-order chi connectivity index (χ0) is 14.2. The van der Waals surface area contributed by atoms with E-state index in [4.69, 9.17) is 11.6 Å². The van der Waals surface area contributed by atoms with Crippen LogP contribution in [0.1, 0.15) is 11.1 Å². The molecule has 0 fully saturated rings. The lowest BCUT2D eigenvalue weighted by atomic mass is 10.1. The first-order valence-electron chi connectivity index (χ1n) is 7.05. The molecule has 0 atom stereocenters. The Morgan fingerprint density at radius 3 is 2.33 bits per heavy atom. The maximum atomic E-state index is 6.04. The molecule has 1 N–H and O–H groups in total. The van der Waals surface area contributed by atoms with Gasteiger partial charge in [-0.15, -0.1) is 0 Å². The summed E-state index contributed by atoms with van der Waals surface area (Å²) in [5.41, 5.74) is 3.70. The lowest BCUT2D eigenvalue weighted by molar-refractivity contribution is 0.770. The molecule has 0 saturated carbocycles. The van der Waals surface area contributed by atoms with Crippen LogP contribution in [0.3, 0.4) is 0 Å². The summed E-state index contributed by atoms with van der Waals surface area (Å²) >= 11 is 6.04. The van der Waals surface area contributed by atoms with Crippen molar-refractivity contribution < 1.29 is 0 Å². The monoisotopic (exact) mass is 295 g/mol. The Bertz CT molecular complexity index is 791. The van der Waals surface area contributed by atoms with Crippen molar-refractivity contribution in [2.45, 2.75) is 18.9 Å². The van der Waals surface area contributed by atoms with E-state index in [0.717, 1.165) is 29.6 Å². The Morgan fingerprint density at radius 2 is 1.57 bits per heavy atom. The first kappa shape index (κ1) is 12.6. The van der Waals surface area contributed by atoms with Crippen LogP contribution in [0.2, 0.25) is 5.28 Å². The summed E-state index contributed by atoms with van der Waals surface area (Å²) in [7, 11) is 0. The van der Waals surface area contributed by atoms with Gasteiger partial charge in [-0.05, 0) is 47.7 Å². The molecule has 0 unspecified atom stereocenters. The number of fused-ring (bicyclic) bond motifs is 2. The van der Waals surface area contributed by atoms with Gasteiger partial charge in [-0.1, -0.05) is 36.4 Å². The number of rotatable bonds is 2. The fourth-order valence-electron chi connectivity index (χ4n) is 3.01. The van der Waals surface area contributed by atoms with Crippen LogP contribution in [0.5, 0.6) is 0 Å². The normalized spacial score (nSPS) is 14.3. The van der Waals surface area contributed by atoms with E-state index in [9.17, 15) is 0 Å². The lowest BCUT2D eigenvalue weighted by Gasteiger charge is -2.14. The van der Waals surface area contributed by atoms with Crippen LogP contribution in [0.15, 0.2) is 48.5 Å². The molecule has 0 saturated heterocycles. The fourth-order valence-corrected chi connectivity index (χ4v) is 3.19. The third-order valence-electron chi connectivity index (χ3n) is 3.97. The van der Waals surface area contributed by atoms with Crippen LogP contribution >= 0.6 is 11.6 Å². The van der Waals surface area contributed by atoms with Crippen molar-refractivity contribution in [3.8, 4) is 0 Å². The number of para-hydroxylation sites is 1. The first-order chi connectivity index (χ1) is 10.3. The molecular weight excluding hydrogens is 282 g/mol. The number of aromatic nitrogens is 2. The molecule has 0 aliphatic heterocycles. The second-order valence-electron chi connectivity index (χ2n) is 5.38. The minimum absolute atomic E-state index is 0.284. The van der Waals surface area contributed by atoms with Gasteiger partial charge in [-0.3, -0.25) is 0 Å². The van der Waals surface area contributed by atoms with Crippen LogP contribution in [0.25, 0.3) is 10.9 Å². The van der Waals surface area contributed by atoms with Crippen molar-refractivity contribution in [1.29, 1.82) is 0 Å². The number of anilines is 1. The molecule has 3 aromatic rings. The molecule has 1 aromatic heterocycles. The summed E-state index contributed by atoms with van der Waals surface area (Å²) in [6, 6.07) is 16.9. The van der Waals surface area contributed by atoms with Crippen molar-refractivity contribution in [3.63, 3.8) is 0 Å². The number of nitrogens with one attached hydrogen (secondary N) is 1. The van der Waals surface area contributed by atoms with Gasteiger partial charge >= 0.3 is 0 Å². The SMILES string of the molecule is Clc1nc(NC2Cc3ccccc3C2)c2ccccc2n1. The highest BCUT2D eigenvalue weighted by atomic mass is 35.5. The lowest BCUT2D eigenvalue weighted by Crippen LogP contribution is -2.20. The fraction of sp³-hybridized carbons (Fsp3) is 0.176. The molecule has 0 amide bonds. The molecule has 2 aromatic carbocycles. The number of halogens is 1. The molecule has 104 valence electrons. The highest BCUT2D eigenvalue weighted by Gasteiger charge is 2.21. The Balaban J connectivity index is 1.67. The minimum atomic E-state index is 0.284. The number of benzene rings is 2. The summed E-state index contributed by atoms with van der Waals surface area (Å²) in [4.78, 5) is 8.64. The topological polar surface area (TPSA) is 37.8 Å². The largest absolute Gasteiger partial charge is 0.366 e. The van der Waals surface area contributed by atoms with Gasteiger partial charge in [0.1, 0.15) is 5.82 Å². The molecule has 1 aliphatic carbocycles. The van der Waals surface area contributed by atoms with Gasteiger partial charge in [0.25, 0.3) is 0 Å². The van der Waals surface area contributed by atoms with E-state index >= 15 is 0 Å². The number of hydrogen-bond donors (Lipinski definition) is 1. The van der Waals surface area contributed by atoms with Gasteiger partial charge in [0.2, 0.25) is 5.28 Å². The maximum absolute atomic E-state index is 6.04. The Labute approximate surface area is 128 Å². The van der Waals surface area contributed by atoms with Crippen molar-refractivity contribution in [1.82, 2.24) is 9.97 Å². The molecule has 3 nitrogen and oxygen atoms in total. The van der Waals surface area contributed by atoms with E-state index < -0.39 is 0 Å². The molecule has 21 heavy (non-hydrogen) atoms. The van der Waals surface area contributed by atoms with Crippen LogP contribution in [-0.2, 0) is 12.8 Å². The average molecular weight is 296 g/mol. The maximum Gasteiger partial charge on any atom is 0.224 e. The Morgan fingerprint density at radius 1 is 0.905 bits per heavy atom. The molecular formula is C17H14ClN3. The van der Waals surface area contributed by atoms with E-state index in [1.54, 1.807) is 0 Å². The predicted octanol–water partition coefficient (Wildman–Crippen LogP) is 3.86. The standard InChI is InChI=1S/C17H14ClN3/c18-17-20-15-8-4-3-7-14(15)16(21-17)19-13-9-11-5-1-2-6-12(11)10-13/h1-8,13H,9-10H2,(H,19,20,21). The van der Waals surface area contributed by atoms with Gasteiger partial charge in [-0.2, -0.15) is 0 Å². The summed E-state index contributed by atoms with van der Waals surface area (Å²) in [5, 5.41) is 4.83. The van der Waals surface area contributed by atoms with Crippen molar-refractivity contribution in [3.05, 3.63) is 64.9 Å². The summed E-state index contributed by atoms with van der Waals surface area (Å²) < 4.78 is 0. The first-order valence-corrected chi connectivity index (χ1v) is 7.43. The van der Waals surface area contributed by atoms with Crippen molar-refractivity contribution >= 4 is 28.3 Å². The molecule has 0 bridgehead atoms. The second kappa shape index (κ2) is 5.01. The highest BCUT2D eigenvalue weighted by Crippen LogP contribution is 2.27. The van der Waals surface area contributed by atoms with Crippen LogP contribution in [0, 0.1) is 0 Å². The van der Waals surface area contributed by atoms with Crippen LogP contribution < -0.4 is 5.32 Å². The zero-order valence-electron chi connectivity index (χ0n) is 11.4. The van der Waals surface area contributed by atoms with E-state index in [-0.39, 0.29) is 5.28 Å². The van der Waals surface area contributed by atoms with Gasteiger partial charge in [0.15, 0.2) is 0 Å². The Kier molecular flexibility index (Phi) is 3.00. The quantitative estimate of drug-likeness (QED) is 0.730. The highest BCUT2D eigenvalue weighted by molar-refractivity contribution is 6.28. The van der Waals surface area contributed by atoms with E-state index in [1.807, 2.05) is 24.3 Å². The predicted molar refractivity (Wildman–Crippen MR) is 85.8 cm³/mol. The van der Waals surface area contributed by atoms with E-state index in [1.165, 1.54) is 11.1 Å². The minimum Gasteiger partial charge on any atom is -0.366 e. The molecule has 0 radical (unpaired) electrons. The van der Waals surface area contributed by atoms with Gasteiger partial charge < -0.3 is 5.32 Å². The smallest absolute Gasteiger partial charge is 0.224 e. The van der Waals surface area contributed by atoms with Crippen molar-refractivity contribution in [2.24, 2.45) is 0 Å². The summed E-state index contributed by atoms with van der Waals surface area (Å²) in [6.07, 6.45) is 2.04. The summed E-state index contributed by atoms with van der Waals surface area (Å²) in [5.74, 6) is 0.823. The molecule has 4 rings (SSSR count). The number of hydrogen-bond acceptors (Lipinski definition) is 3. The number of nitrogens with zero attached hydrogens (tertiary/aromatic N) is 2.